The molecule has 1 aliphatic heterocycles. The van der Waals surface area contributed by atoms with Crippen LogP contribution in [-0.4, -0.2) is 25.7 Å². The number of aromatic carboxylic acids is 1. The lowest BCUT2D eigenvalue weighted by Gasteiger charge is -2.28. The number of benzene rings is 2. The number of anilines is 1. The van der Waals surface area contributed by atoms with Crippen LogP contribution in [-0.2, 0) is 0 Å². The summed E-state index contributed by atoms with van der Waals surface area (Å²) in [6.45, 7) is 6.22. The first-order chi connectivity index (χ1) is 17.3. The summed E-state index contributed by atoms with van der Waals surface area (Å²) in [5.41, 5.74) is 7.46. The highest BCUT2D eigenvalue weighted by atomic mass is 79.9. The normalized spacial score (nSPS) is 17.3. The first kappa shape index (κ1) is 24.2. The molecule has 0 unspecified atom stereocenters. The molecule has 36 heavy (non-hydrogen) atoms. The van der Waals surface area contributed by atoms with Crippen LogP contribution in [0.25, 0.3) is 5.69 Å². The number of nitrogens with zero attached hydrogens (tertiary/aromatic N) is 3. The largest absolute Gasteiger partial charge is 0.478 e. The fourth-order valence-electron chi connectivity index (χ4n) is 4.97. The van der Waals surface area contributed by atoms with Crippen LogP contribution in [0.2, 0.25) is 0 Å². The maximum atomic E-state index is 11.3. The van der Waals surface area contributed by atoms with Crippen molar-refractivity contribution < 1.29 is 9.90 Å². The lowest BCUT2D eigenvalue weighted by molar-refractivity contribution is 0.0697. The van der Waals surface area contributed by atoms with Crippen molar-refractivity contribution in [2.45, 2.75) is 32.9 Å². The predicted molar refractivity (Wildman–Crippen MR) is 149 cm³/mol. The number of nitrogens with one attached hydrogen (secondary N) is 1. The van der Waals surface area contributed by atoms with Gasteiger partial charge in [0.2, 0.25) is 0 Å². The molecule has 1 aliphatic rings. The van der Waals surface area contributed by atoms with E-state index < -0.39 is 5.97 Å². The summed E-state index contributed by atoms with van der Waals surface area (Å²) in [7, 11) is 0. The monoisotopic (exact) mass is 560 g/mol. The van der Waals surface area contributed by atoms with E-state index in [2.05, 4.69) is 74.7 Å². The summed E-state index contributed by atoms with van der Waals surface area (Å²) >= 11 is 9.49. The van der Waals surface area contributed by atoms with Gasteiger partial charge in [0.05, 0.1) is 23.3 Å². The van der Waals surface area contributed by atoms with E-state index in [1.807, 2.05) is 36.4 Å². The molecule has 0 amide bonds. The van der Waals surface area contributed by atoms with E-state index in [-0.39, 0.29) is 17.6 Å². The van der Waals surface area contributed by atoms with Crippen LogP contribution < -0.4 is 10.2 Å². The molecule has 5 rings (SSSR count). The number of carboxylic acid groups (broad SMARTS) is 1. The van der Waals surface area contributed by atoms with Crippen LogP contribution in [0, 0.1) is 20.8 Å². The predicted octanol–water partition coefficient (Wildman–Crippen LogP) is 6.44. The van der Waals surface area contributed by atoms with Crippen LogP contribution in [0.15, 0.2) is 77.4 Å². The Morgan fingerprint density at radius 2 is 1.75 bits per heavy atom. The number of carbonyl (C=O) groups is 1. The highest BCUT2D eigenvalue weighted by Gasteiger charge is 2.42. The maximum Gasteiger partial charge on any atom is 0.335 e. The molecule has 4 aromatic rings. The smallest absolute Gasteiger partial charge is 0.335 e. The fourth-order valence-corrected chi connectivity index (χ4v) is 5.56. The van der Waals surface area contributed by atoms with E-state index in [0.29, 0.717) is 5.11 Å². The van der Waals surface area contributed by atoms with E-state index in [4.69, 9.17) is 12.2 Å². The SMILES string of the molecule is Cc1cc(N2C(=S)N[C@H](c3ccccn3)[C@H]2c2cc(C)n(-c3ccc(C(=O)O)cc3)c2C)ccc1Br. The number of aryl methyl sites for hydroxylation is 2. The van der Waals surface area contributed by atoms with E-state index in [1.54, 1.807) is 18.3 Å². The Hall–Kier alpha value is -3.49. The number of pyridine rings is 1. The number of aromatic nitrogens is 2. The molecule has 1 saturated heterocycles. The van der Waals surface area contributed by atoms with Crippen LogP contribution in [0.5, 0.6) is 0 Å². The summed E-state index contributed by atoms with van der Waals surface area (Å²) in [5, 5.41) is 13.5. The number of rotatable bonds is 5. The summed E-state index contributed by atoms with van der Waals surface area (Å²) in [6.07, 6.45) is 1.80. The van der Waals surface area contributed by atoms with Crippen LogP contribution in [0.3, 0.4) is 0 Å². The first-order valence-electron chi connectivity index (χ1n) is 11.6. The van der Waals surface area contributed by atoms with Crippen molar-refractivity contribution in [1.29, 1.82) is 0 Å². The summed E-state index contributed by atoms with van der Waals surface area (Å²) < 4.78 is 3.20. The van der Waals surface area contributed by atoms with Gasteiger partial charge >= 0.3 is 5.97 Å². The van der Waals surface area contributed by atoms with Crippen molar-refractivity contribution in [2.75, 3.05) is 4.90 Å². The minimum Gasteiger partial charge on any atom is -0.478 e. The number of hydrogen-bond donors (Lipinski definition) is 2. The van der Waals surface area contributed by atoms with Gasteiger partial charge in [-0.25, -0.2) is 4.79 Å². The van der Waals surface area contributed by atoms with Crippen molar-refractivity contribution in [3.05, 3.63) is 111 Å². The third-order valence-corrected chi connectivity index (χ3v) is 7.88. The molecule has 182 valence electrons. The Kier molecular flexibility index (Phi) is 6.40. The van der Waals surface area contributed by atoms with Crippen molar-refractivity contribution in [1.82, 2.24) is 14.9 Å². The summed E-state index contributed by atoms with van der Waals surface area (Å²) in [6, 6.07) is 21.0. The molecule has 0 radical (unpaired) electrons. The molecule has 2 N–H and O–H groups in total. The van der Waals surface area contributed by atoms with Gasteiger partial charge in [-0.2, -0.15) is 0 Å². The fraction of sp³-hybridized carbons (Fsp3) is 0.179. The van der Waals surface area contributed by atoms with Gasteiger partial charge in [-0.15, -0.1) is 0 Å². The zero-order chi connectivity index (χ0) is 25.6. The number of thiocarbonyl (C=S) groups is 1. The van der Waals surface area contributed by atoms with Gasteiger partial charge in [0.15, 0.2) is 5.11 Å². The zero-order valence-corrected chi connectivity index (χ0v) is 22.5. The van der Waals surface area contributed by atoms with Gasteiger partial charge in [0, 0.05) is 33.4 Å². The van der Waals surface area contributed by atoms with Crippen molar-refractivity contribution in [3.63, 3.8) is 0 Å². The third-order valence-electron chi connectivity index (χ3n) is 6.68. The van der Waals surface area contributed by atoms with E-state index in [1.165, 1.54) is 0 Å². The molecule has 3 heterocycles. The van der Waals surface area contributed by atoms with Crippen LogP contribution in [0.1, 0.15) is 50.7 Å². The third kappa shape index (κ3) is 4.20. The van der Waals surface area contributed by atoms with Gasteiger partial charge in [-0.3, -0.25) is 4.98 Å². The molecule has 2 atom stereocenters. The van der Waals surface area contributed by atoms with Gasteiger partial charge in [-0.1, -0.05) is 22.0 Å². The average Bonchev–Trinajstić information content (AvgIpc) is 3.36. The van der Waals surface area contributed by atoms with Crippen molar-refractivity contribution >= 4 is 44.9 Å². The van der Waals surface area contributed by atoms with Gasteiger partial charge < -0.3 is 19.9 Å². The molecule has 6 nitrogen and oxygen atoms in total. The Balaban J connectivity index is 1.66. The average molecular weight is 562 g/mol. The number of halogens is 1. The molecule has 0 bridgehead atoms. The second kappa shape index (κ2) is 9.52. The Morgan fingerprint density at radius 1 is 1.03 bits per heavy atom. The minimum atomic E-state index is -0.938. The molecule has 8 heteroatoms. The van der Waals surface area contributed by atoms with E-state index >= 15 is 0 Å². The number of hydrogen-bond acceptors (Lipinski definition) is 3. The van der Waals surface area contributed by atoms with Crippen LogP contribution in [0.4, 0.5) is 5.69 Å². The summed E-state index contributed by atoms with van der Waals surface area (Å²) in [5.74, 6) is -0.938. The topological polar surface area (TPSA) is 70.4 Å². The molecule has 2 aromatic heterocycles. The summed E-state index contributed by atoms with van der Waals surface area (Å²) in [4.78, 5) is 18.2. The van der Waals surface area contributed by atoms with Gasteiger partial charge in [-0.05, 0) is 105 Å². The Bertz CT molecular complexity index is 1470. The molecule has 0 spiro atoms. The standard InChI is InChI=1S/C28H25BrN4O2S/c1-16-14-21(11-12-23(16)29)33-26(25(31-28(33)36)24-6-4-5-13-30-24)22-15-17(2)32(18(22)3)20-9-7-19(8-10-20)27(34)35/h4-15,25-26H,1-3H3,(H,31,36)(H,34,35)/t25-,26-/m1/s1. The van der Waals surface area contributed by atoms with Crippen molar-refractivity contribution in [2.24, 2.45) is 0 Å². The molecule has 0 aliphatic carbocycles. The molecular formula is C28H25BrN4O2S. The Labute approximate surface area is 223 Å². The maximum absolute atomic E-state index is 11.3. The van der Waals surface area contributed by atoms with Gasteiger partial charge in [0.25, 0.3) is 0 Å². The zero-order valence-electron chi connectivity index (χ0n) is 20.1. The lowest BCUT2D eigenvalue weighted by Crippen LogP contribution is -2.29. The second-order valence-electron chi connectivity index (χ2n) is 8.94. The van der Waals surface area contributed by atoms with Gasteiger partial charge in [0.1, 0.15) is 0 Å². The Morgan fingerprint density at radius 3 is 2.39 bits per heavy atom. The van der Waals surface area contributed by atoms with E-state index in [9.17, 15) is 9.90 Å². The van der Waals surface area contributed by atoms with Crippen molar-refractivity contribution in [3.8, 4) is 5.69 Å². The second-order valence-corrected chi connectivity index (χ2v) is 10.2. The molecule has 1 fully saturated rings. The van der Waals surface area contributed by atoms with E-state index in [0.717, 1.165) is 44.1 Å². The lowest BCUT2D eigenvalue weighted by atomic mass is 9.96. The first-order valence-corrected chi connectivity index (χ1v) is 12.8. The molecular weight excluding hydrogens is 536 g/mol. The molecule has 2 aromatic carbocycles. The highest BCUT2D eigenvalue weighted by Crippen LogP contribution is 2.44. The quantitative estimate of drug-likeness (QED) is 0.274. The van der Waals surface area contributed by atoms with Crippen LogP contribution >= 0.6 is 28.1 Å². The number of carboxylic acids is 1. The minimum absolute atomic E-state index is 0.133. The highest BCUT2D eigenvalue weighted by molar-refractivity contribution is 9.10. The molecule has 0 saturated carbocycles.